The first-order chi connectivity index (χ1) is 19.6. The molecule has 0 spiro atoms. The van der Waals surface area contributed by atoms with Crippen LogP contribution in [0.4, 0.5) is 4.79 Å². The van der Waals surface area contributed by atoms with Gasteiger partial charge in [0.05, 0.1) is 12.2 Å². The Morgan fingerprint density at radius 1 is 0.951 bits per heavy atom. The van der Waals surface area contributed by atoms with Crippen molar-refractivity contribution < 1.29 is 24.5 Å². The Balaban J connectivity index is 1.06. The molecular weight excluding hydrogens is 516 g/mol. The van der Waals surface area contributed by atoms with E-state index in [1.807, 2.05) is 30.3 Å². The third-order valence-corrected chi connectivity index (χ3v) is 12.2. The van der Waals surface area contributed by atoms with Gasteiger partial charge in [-0.25, -0.2) is 4.79 Å². The molecule has 0 aliphatic heterocycles. The molecule has 7 nitrogen and oxygen atoms in total. The van der Waals surface area contributed by atoms with Crippen molar-refractivity contribution in [1.82, 2.24) is 10.6 Å². The molecule has 1 aromatic rings. The minimum absolute atomic E-state index is 0.0286. The van der Waals surface area contributed by atoms with E-state index in [2.05, 4.69) is 31.4 Å². The maximum atomic E-state index is 12.6. The number of aliphatic hydroxyl groups is 2. The smallest absolute Gasteiger partial charge is 0.407 e. The number of hydrogen-bond donors (Lipinski definition) is 4. The number of nitrogens with one attached hydrogen (secondary N) is 2. The molecule has 1 aromatic carbocycles. The first-order valence-electron chi connectivity index (χ1n) is 16.2. The summed E-state index contributed by atoms with van der Waals surface area (Å²) in [6.45, 7) is 8.21. The fourth-order valence-electron chi connectivity index (χ4n) is 9.96. The van der Waals surface area contributed by atoms with Crippen LogP contribution >= 0.6 is 0 Å². The number of fused-ring (bicyclic) bond motifs is 5. The van der Waals surface area contributed by atoms with E-state index in [0.717, 1.165) is 37.7 Å². The van der Waals surface area contributed by atoms with Crippen LogP contribution in [0.3, 0.4) is 0 Å². The molecule has 2 amide bonds. The van der Waals surface area contributed by atoms with Crippen LogP contribution in [-0.2, 0) is 16.1 Å². The SMILES string of the molecule is C[C@H](CCC(=O)NCCNC(=O)OCc1ccccc1)[C@H]1CC[C@H]2[C@@H]3[C@@H](O)C[C@@H]4C[C@H](O)CC[C@]4(C)[C@H]3CC[C@]12C. The third-order valence-electron chi connectivity index (χ3n) is 12.2. The number of alkyl carbamates (subject to hydrolysis) is 1. The molecule has 4 N–H and O–H groups in total. The average Bonchev–Trinajstić information content (AvgIpc) is 3.31. The lowest BCUT2D eigenvalue weighted by Gasteiger charge is -2.62. The van der Waals surface area contributed by atoms with Crippen LogP contribution in [0.1, 0.15) is 90.5 Å². The summed E-state index contributed by atoms with van der Waals surface area (Å²) in [7, 11) is 0. The van der Waals surface area contributed by atoms with Crippen molar-refractivity contribution in [2.75, 3.05) is 13.1 Å². The largest absolute Gasteiger partial charge is 0.445 e. The molecule has 0 heterocycles. The second-order valence-electron chi connectivity index (χ2n) is 14.3. The van der Waals surface area contributed by atoms with Crippen LogP contribution in [0.15, 0.2) is 30.3 Å². The van der Waals surface area contributed by atoms with E-state index in [-0.39, 0.29) is 35.6 Å². The van der Waals surface area contributed by atoms with Crippen molar-refractivity contribution >= 4 is 12.0 Å². The molecule has 228 valence electrons. The minimum Gasteiger partial charge on any atom is -0.445 e. The summed E-state index contributed by atoms with van der Waals surface area (Å²) in [5.74, 6) is 2.98. The molecule has 4 saturated carbocycles. The van der Waals surface area contributed by atoms with Gasteiger partial charge in [0.25, 0.3) is 0 Å². The van der Waals surface area contributed by atoms with Gasteiger partial charge in [-0.1, -0.05) is 51.1 Å². The summed E-state index contributed by atoms with van der Waals surface area (Å²) in [5.41, 5.74) is 1.41. The molecule has 0 unspecified atom stereocenters. The maximum Gasteiger partial charge on any atom is 0.407 e. The third kappa shape index (κ3) is 6.31. The molecule has 0 saturated heterocycles. The Morgan fingerprint density at radius 3 is 2.44 bits per heavy atom. The molecule has 0 radical (unpaired) electrons. The lowest BCUT2D eigenvalue weighted by molar-refractivity contribution is -0.174. The molecule has 0 bridgehead atoms. The fourth-order valence-corrected chi connectivity index (χ4v) is 9.96. The van der Waals surface area contributed by atoms with Crippen LogP contribution < -0.4 is 10.6 Å². The quantitative estimate of drug-likeness (QED) is 0.297. The molecule has 4 aliphatic rings. The average molecular weight is 569 g/mol. The van der Waals surface area contributed by atoms with Crippen molar-refractivity contribution in [1.29, 1.82) is 0 Å². The summed E-state index contributed by atoms with van der Waals surface area (Å²) in [5, 5.41) is 27.4. The summed E-state index contributed by atoms with van der Waals surface area (Å²) < 4.78 is 5.21. The van der Waals surface area contributed by atoms with Crippen LogP contribution in [0.25, 0.3) is 0 Å². The normalized spacial score (nSPS) is 38.6. The highest BCUT2D eigenvalue weighted by atomic mass is 16.5. The standard InChI is InChI=1S/C34H52N2O5/c1-22(9-12-30(39)35-17-18-36-32(40)41-21-23-7-5-4-6-8-23)26-10-11-27-31-28(14-16-34(26,27)3)33(2)15-13-25(37)19-24(33)20-29(31)38/h4-8,22,24-29,31,37-38H,9-21H2,1-3H3,(H,35,39)(H,36,40)/t22-,24+,25-,26-,27+,28+,29+,31+,33+,34-/m1/s1. The minimum atomic E-state index is -0.482. The Bertz CT molecular complexity index is 1050. The van der Waals surface area contributed by atoms with Gasteiger partial charge in [-0.15, -0.1) is 0 Å². The lowest BCUT2D eigenvalue weighted by atomic mass is 9.43. The highest BCUT2D eigenvalue weighted by Gasteiger charge is 2.62. The highest BCUT2D eigenvalue weighted by molar-refractivity contribution is 5.76. The van der Waals surface area contributed by atoms with Crippen molar-refractivity contribution in [2.24, 2.45) is 46.3 Å². The Kier molecular flexibility index (Phi) is 9.34. The van der Waals surface area contributed by atoms with Crippen molar-refractivity contribution in [2.45, 2.75) is 104 Å². The second-order valence-corrected chi connectivity index (χ2v) is 14.3. The number of rotatable bonds is 9. The maximum absolute atomic E-state index is 12.6. The molecule has 4 fully saturated rings. The lowest BCUT2D eigenvalue weighted by Crippen LogP contribution is -2.58. The van der Waals surface area contributed by atoms with Crippen LogP contribution in [0.2, 0.25) is 0 Å². The molecular formula is C34H52N2O5. The number of amides is 2. The van der Waals surface area contributed by atoms with Gasteiger partial charge in [-0.05, 0) is 110 Å². The monoisotopic (exact) mass is 568 g/mol. The van der Waals surface area contributed by atoms with Crippen molar-refractivity contribution in [3.8, 4) is 0 Å². The number of carbonyl (C=O) groups excluding carboxylic acids is 2. The van der Waals surface area contributed by atoms with Gasteiger partial charge in [-0.3, -0.25) is 4.79 Å². The van der Waals surface area contributed by atoms with Gasteiger partial charge < -0.3 is 25.6 Å². The van der Waals surface area contributed by atoms with Crippen molar-refractivity contribution in [3.05, 3.63) is 35.9 Å². The number of benzene rings is 1. The van der Waals surface area contributed by atoms with Gasteiger partial charge in [-0.2, -0.15) is 0 Å². The zero-order chi connectivity index (χ0) is 29.2. The fraction of sp³-hybridized carbons (Fsp3) is 0.765. The van der Waals surface area contributed by atoms with E-state index in [0.29, 0.717) is 55.0 Å². The molecule has 4 aliphatic carbocycles. The van der Waals surface area contributed by atoms with Crippen molar-refractivity contribution in [3.63, 3.8) is 0 Å². The van der Waals surface area contributed by atoms with E-state index in [4.69, 9.17) is 4.74 Å². The predicted molar refractivity (Wildman–Crippen MR) is 159 cm³/mol. The number of aliphatic hydroxyl groups excluding tert-OH is 2. The summed E-state index contributed by atoms with van der Waals surface area (Å²) >= 11 is 0. The Hall–Kier alpha value is -2.12. The number of hydrogen-bond acceptors (Lipinski definition) is 5. The summed E-state index contributed by atoms with van der Waals surface area (Å²) in [6, 6.07) is 9.54. The van der Waals surface area contributed by atoms with E-state index < -0.39 is 6.09 Å². The molecule has 5 rings (SSSR count). The van der Waals surface area contributed by atoms with Crippen LogP contribution in [0, 0.1) is 46.3 Å². The van der Waals surface area contributed by atoms with Crippen LogP contribution in [0.5, 0.6) is 0 Å². The van der Waals surface area contributed by atoms with Gasteiger partial charge >= 0.3 is 6.09 Å². The zero-order valence-electron chi connectivity index (χ0n) is 25.3. The zero-order valence-corrected chi connectivity index (χ0v) is 25.3. The van der Waals surface area contributed by atoms with E-state index in [9.17, 15) is 19.8 Å². The molecule has 10 atom stereocenters. The first kappa shape index (κ1) is 30.3. The summed E-state index contributed by atoms with van der Waals surface area (Å²) in [4.78, 5) is 24.5. The van der Waals surface area contributed by atoms with Gasteiger partial charge in [0, 0.05) is 19.5 Å². The first-order valence-corrected chi connectivity index (χ1v) is 16.2. The molecule has 0 aromatic heterocycles. The van der Waals surface area contributed by atoms with Gasteiger partial charge in [0.2, 0.25) is 5.91 Å². The second kappa shape index (κ2) is 12.6. The highest BCUT2D eigenvalue weighted by Crippen LogP contribution is 2.68. The molecule has 7 heteroatoms. The Morgan fingerprint density at radius 2 is 1.66 bits per heavy atom. The number of carbonyl (C=O) groups is 2. The molecule has 41 heavy (non-hydrogen) atoms. The van der Waals surface area contributed by atoms with E-state index in [1.54, 1.807) is 0 Å². The van der Waals surface area contributed by atoms with Crippen LogP contribution in [-0.4, -0.2) is 47.5 Å². The number of ether oxygens (including phenoxy) is 1. The predicted octanol–water partition coefficient (Wildman–Crippen LogP) is 5.44. The van der Waals surface area contributed by atoms with E-state index in [1.165, 1.54) is 25.7 Å². The van der Waals surface area contributed by atoms with Gasteiger partial charge in [0.1, 0.15) is 6.61 Å². The topological polar surface area (TPSA) is 108 Å². The van der Waals surface area contributed by atoms with Gasteiger partial charge in [0.15, 0.2) is 0 Å². The summed E-state index contributed by atoms with van der Waals surface area (Å²) in [6.07, 6.45) is 8.90. The Labute approximate surface area is 246 Å². The van der Waals surface area contributed by atoms with E-state index >= 15 is 0 Å².